The van der Waals surface area contributed by atoms with Crippen molar-refractivity contribution in [2.45, 2.75) is 6.92 Å². The molecule has 1 amide bonds. The van der Waals surface area contributed by atoms with E-state index in [1.807, 2.05) is 48.5 Å². The zero-order chi connectivity index (χ0) is 17.6. The standard InChI is InChI=1S/C18H16BrN5O/c1-12(25)21-13-6-8-14(9-7-13)22-18-20-11-10-17(24-18)23-16-5-3-2-4-15(16)19/h2-11H,1H3,(H,21,25)(H2,20,22,23,24). The monoisotopic (exact) mass is 397 g/mol. The number of halogens is 1. The van der Waals surface area contributed by atoms with Gasteiger partial charge in [-0.15, -0.1) is 0 Å². The van der Waals surface area contributed by atoms with Crippen LogP contribution < -0.4 is 16.0 Å². The van der Waals surface area contributed by atoms with E-state index < -0.39 is 0 Å². The van der Waals surface area contributed by atoms with Crippen LogP contribution in [0.1, 0.15) is 6.92 Å². The van der Waals surface area contributed by atoms with E-state index in [4.69, 9.17) is 0 Å². The Morgan fingerprint density at radius 2 is 1.68 bits per heavy atom. The molecular weight excluding hydrogens is 382 g/mol. The smallest absolute Gasteiger partial charge is 0.229 e. The number of rotatable bonds is 5. The predicted octanol–water partition coefficient (Wildman–Crippen LogP) is 4.68. The fourth-order valence-electron chi connectivity index (χ4n) is 2.16. The van der Waals surface area contributed by atoms with E-state index in [1.54, 1.807) is 12.3 Å². The molecule has 0 radical (unpaired) electrons. The first-order valence-corrected chi connectivity index (χ1v) is 8.39. The van der Waals surface area contributed by atoms with Gasteiger partial charge in [0, 0.05) is 29.0 Å². The van der Waals surface area contributed by atoms with Crippen molar-refractivity contribution in [2.75, 3.05) is 16.0 Å². The second kappa shape index (κ2) is 7.76. The van der Waals surface area contributed by atoms with E-state index >= 15 is 0 Å². The van der Waals surface area contributed by atoms with Crippen molar-refractivity contribution in [1.82, 2.24) is 9.97 Å². The summed E-state index contributed by atoms with van der Waals surface area (Å²) in [7, 11) is 0. The molecule has 3 N–H and O–H groups in total. The lowest BCUT2D eigenvalue weighted by Crippen LogP contribution is -2.05. The van der Waals surface area contributed by atoms with Gasteiger partial charge >= 0.3 is 0 Å². The molecule has 0 saturated carbocycles. The quantitative estimate of drug-likeness (QED) is 0.582. The summed E-state index contributed by atoms with van der Waals surface area (Å²) < 4.78 is 0.955. The van der Waals surface area contributed by atoms with E-state index in [9.17, 15) is 4.79 Å². The maximum absolute atomic E-state index is 11.0. The third kappa shape index (κ3) is 4.77. The number of nitrogens with zero attached hydrogens (tertiary/aromatic N) is 2. The van der Waals surface area contributed by atoms with Crippen molar-refractivity contribution in [3.8, 4) is 0 Å². The lowest BCUT2D eigenvalue weighted by molar-refractivity contribution is -0.114. The first-order chi connectivity index (χ1) is 12.1. The number of aromatic nitrogens is 2. The molecule has 0 saturated heterocycles. The number of hydrogen-bond acceptors (Lipinski definition) is 5. The van der Waals surface area contributed by atoms with E-state index in [0.717, 1.165) is 21.5 Å². The molecule has 0 fully saturated rings. The molecule has 7 heteroatoms. The van der Waals surface area contributed by atoms with Crippen LogP contribution in [0.4, 0.5) is 28.8 Å². The average Bonchev–Trinajstić information content (AvgIpc) is 2.59. The Morgan fingerprint density at radius 1 is 0.960 bits per heavy atom. The van der Waals surface area contributed by atoms with Crippen LogP contribution in [0.15, 0.2) is 65.3 Å². The van der Waals surface area contributed by atoms with Gasteiger partial charge in [0.2, 0.25) is 11.9 Å². The minimum absolute atomic E-state index is 0.102. The third-order valence-corrected chi connectivity index (χ3v) is 3.95. The third-order valence-electron chi connectivity index (χ3n) is 3.25. The first-order valence-electron chi connectivity index (χ1n) is 7.59. The molecule has 0 unspecified atom stereocenters. The summed E-state index contributed by atoms with van der Waals surface area (Å²) in [6.45, 7) is 1.48. The topological polar surface area (TPSA) is 78.9 Å². The van der Waals surface area contributed by atoms with Gasteiger partial charge in [-0.2, -0.15) is 4.98 Å². The van der Waals surface area contributed by atoms with Gasteiger partial charge in [0.25, 0.3) is 0 Å². The van der Waals surface area contributed by atoms with Crippen molar-refractivity contribution in [3.63, 3.8) is 0 Å². The number of hydrogen-bond donors (Lipinski definition) is 3. The SMILES string of the molecule is CC(=O)Nc1ccc(Nc2nccc(Nc3ccccc3Br)n2)cc1. The average molecular weight is 398 g/mol. The Kier molecular flexibility index (Phi) is 5.25. The van der Waals surface area contributed by atoms with Gasteiger partial charge in [-0.1, -0.05) is 12.1 Å². The Hall–Kier alpha value is -2.93. The lowest BCUT2D eigenvalue weighted by atomic mass is 10.3. The Balaban J connectivity index is 1.71. The van der Waals surface area contributed by atoms with Crippen LogP contribution in [0.5, 0.6) is 0 Å². The van der Waals surface area contributed by atoms with Crippen LogP contribution in [0.25, 0.3) is 0 Å². The molecule has 2 aromatic carbocycles. The molecule has 0 bridgehead atoms. The minimum Gasteiger partial charge on any atom is -0.339 e. The zero-order valence-corrected chi connectivity index (χ0v) is 15.0. The summed E-state index contributed by atoms with van der Waals surface area (Å²) in [6, 6.07) is 16.9. The maximum atomic E-state index is 11.0. The fraction of sp³-hybridized carbons (Fsp3) is 0.0556. The van der Waals surface area contributed by atoms with Crippen molar-refractivity contribution >= 4 is 50.7 Å². The van der Waals surface area contributed by atoms with E-state index in [0.29, 0.717) is 11.8 Å². The number of para-hydroxylation sites is 1. The van der Waals surface area contributed by atoms with Gasteiger partial charge in [0.05, 0.1) is 5.69 Å². The summed E-state index contributed by atoms with van der Waals surface area (Å²) in [4.78, 5) is 19.7. The predicted molar refractivity (Wildman–Crippen MR) is 103 cm³/mol. The number of amides is 1. The molecule has 3 rings (SSSR count). The maximum Gasteiger partial charge on any atom is 0.229 e. The highest BCUT2D eigenvalue weighted by atomic mass is 79.9. The molecule has 0 atom stereocenters. The second-order valence-electron chi connectivity index (χ2n) is 5.25. The number of anilines is 5. The van der Waals surface area contributed by atoms with Crippen LogP contribution in [-0.4, -0.2) is 15.9 Å². The molecule has 126 valence electrons. The van der Waals surface area contributed by atoms with Gasteiger partial charge in [-0.05, 0) is 58.4 Å². The fourth-order valence-corrected chi connectivity index (χ4v) is 2.54. The van der Waals surface area contributed by atoms with Crippen molar-refractivity contribution < 1.29 is 4.79 Å². The highest BCUT2D eigenvalue weighted by molar-refractivity contribution is 9.10. The van der Waals surface area contributed by atoms with E-state index in [1.165, 1.54) is 6.92 Å². The zero-order valence-electron chi connectivity index (χ0n) is 13.5. The largest absolute Gasteiger partial charge is 0.339 e. The summed E-state index contributed by atoms with van der Waals surface area (Å²) in [5, 5.41) is 9.11. The summed E-state index contributed by atoms with van der Waals surface area (Å²) >= 11 is 3.50. The molecular formula is C18H16BrN5O. The van der Waals surface area contributed by atoms with Gasteiger partial charge in [-0.25, -0.2) is 4.98 Å². The van der Waals surface area contributed by atoms with Crippen molar-refractivity contribution in [2.24, 2.45) is 0 Å². The summed E-state index contributed by atoms with van der Waals surface area (Å²) in [6.07, 6.45) is 1.68. The first kappa shape index (κ1) is 16.9. The molecule has 6 nitrogen and oxygen atoms in total. The Morgan fingerprint density at radius 3 is 2.40 bits per heavy atom. The number of benzene rings is 2. The lowest BCUT2D eigenvalue weighted by Gasteiger charge is -2.10. The number of nitrogens with one attached hydrogen (secondary N) is 3. The Labute approximate surface area is 153 Å². The molecule has 0 spiro atoms. The molecule has 1 aromatic heterocycles. The molecule has 1 heterocycles. The number of carbonyl (C=O) groups excluding carboxylic acids is 1. The molecule has 3 aromatic rings. The Bertz CT molecular complexity index is 883. The van der Waals surface area contributed by atoms with Crippen molar-refractivity contribution in [3.05, 3.63) is 65.3 Å². The van der Waals surface area contributed by atoms with Gasteiger partial charge in [-0.3, -0.25) is 4.79 Å². The molecule has 0 aliphatic heterocycles. The summed E-state index contributed by atoms with van der Waals surface area (Å²) in [5.74, 6) is 1.05. The van der Waals surface area contributed by atoms with Gasteiger partial charge in [0.1, 0.15) is 5.82 Å². The molecule has 0 aliphatic rings. The van der Waals surface area contributed by atoms with Crippen LogP contribution in [0.2, 0.25) is 0 Å². The number of carbonyl (C=O) groups is 1. The van der Waals surface area contributed by atoms with Gasteiger partial charge in [0.15, 0.2) is 0 Å². The highest BCUT2D eigenvalue weighted by Crippen LogP contribution is 2.25. The van der Waals surface area contributed by atoms with Crippen LogP contribution in [-0.2, 0) is 4.79 Å². The van der Waals surface area contributed by atoms with Crippen LogP contribution in [0, 0.1) is 0 Å². The normalized spacial score (nSPS) is 10.2. The highest BCUT2D eigenvalue weighted by Gasteiger charge is 2.03. The van der Waals surface area contributed by atoms with Crippen molar-refractivity contribution in [1.29, 1.82) is 0 Å². The summed E-state index contributed by atoms with van der Waals surface area (Å²) in [5.41, 5.74) is 2.49. The molecule has 0 aliphatic carbocycles. The van der Waals surface area contributed by atoms with E-state index in [-0.39, 0.29) is 5.91 Å². The molecule has 25 heavy (non-hydrogen) atoms. The second-order valence-corrected chi connectivity index (χ2v) is 6.11. The van der Waals surface area contributed by atoms with Crippen LogP contribution in [0.3, 0.4) is 0 Å². The minimum atomic E-state index is -0.102. The van der Waals surface area contributed by atoms with Gasteiger partial charge < -0.3 is 16.0 Å². The van der Waals surface area contributed by atoms with E-state index in [2.05, 4.69) is 41.8 Å². The van der Waals surface area contributed by atoms with Crippen LogP contribution >= 0.6 is 15.9 Å².